The molecule has 4 rings (SSSR count). The molecule has 2 heterocycles. The molecule has 0 saturated carbocycles. The predicted octanol–water partition coefficient (Wildman–Crippen LogP) is 5.08. The number of tetrazole rings is 1. The topological polar surface area (TPSA) is 79.7 Å². The van der Waals surface area contributed by atoms with Gasteiger partial charge in [0.25, 0.3) is 5.56 Å². The molecule has 7 heteroatoms. The number of pyridine rings is 1. The number of nitrogens with one attached hydrogen (secondary N) is 1. The van der Waals surface area contributed by atoms with Crippen molar-refractivity contribution in [3.8, 4) is 0 Å². The van der Waals surface area contributed by atoms with Gasteiger partial charge in [0, 0.05) is 24.2 Å². The van der Waals surface area contributed by atoms with Crippen molar-refractivity contribution in [2.75, 3.05) is 6.54 Å². The average molecular weight is 473 g/mol. The fraction of sp³-hybridized carbons (Fsp3) is 0.429. The van der Waals surface area contributed by atoms with Gasteiger partial charge >= 0.3 is 0 Å². The van der Waals surface area contributed by atoms with Gasteiger partial charge in [-0.3, -0.25) is 9.69 Å². The standard InChI is InChI=1S/C28H36N6O/c1-7-25(26-30-31-32-34(26)28(4,5)6)33(15-14-21-11-9-8-10-20(21)3)18-23-17-22-16-19(2)12-13-24(22)29-27(23)35/h8-13,16-17,25H,7,14-15,18H2,1-6H3,(H,29,35). The summed E-state index contributed by atoms with van der Waals surface area (Å²) < 4.78 is 1.91. The first kappa shape index (κ1) is 24.8. The summed E-state index contributed by atoms with van der Waals surface area (Å²) in [6.07, 6.45) is 1.71. The fourth-order valence-corrected chi connectivity index (χ4v) is 4.69. The summed E-state index contributed by atoms with van der Waals surface area (Å²) in [5.74, 6) is 0.831. The second kappa shape index (κ2) is 10.1. The van der Waals surface area contributed by atoms with E-state index in [1.165, 1.54) is 16.7 Å². The van der Waals surface area contributed by atoms with Crippen molar-refractivity contribution in [3.05, 3.63) is 87.0 Å². The van der Waals surface area contributed by atoms with Gasteiger partial charge in [-0.25, -0.2) is 4.68 Å². The van der Waals surface area contributed by atoms with Crippen LogP contribution in [0.1, 0.15) is 68.2 Å². The van der Waals surface area contributed by atoms with E-state index in [4.69, 9.17) is 0 Å². The second-order valence-electron chi connectivity index (χ2n) is 10.4. The van der Waals surface area contributed by atoms with Crippen LogP contribution in [0.5, 0.6) is 0 Å². The number of aryl methyl sites for hydroxylation is 2. The molecule has 184 valence electrons. The highest BCUT2D eigenvalue weighted by atomic mass is 16.1. The van der Waals surface area contributed by atoms with E-state index < -0.39 is 0 Å². The minimum absolute atomic E-state index is 0.0270. The maximum Gasteiger partial charge on any atom is 0.252 e. The lowest BCUT2D eigenvalue weighted by atomic mass is 10.0. The molecule has 4 aromatic rings. The third kappa shape index (κ3) is 5.51. The van der Waals surface area contributed by atoms with Crippen molar-refractivity contribution < 1.29 is 0 Å². The smallest absolute Gasteiger partial charge is 0.252 e. The Bertz CT molecular complexity index is 1360. The molecule has 0 aliphatic heterocycles. The molecule has 1 atom stereocenters. The zero-order chi connectivity index (χ0) is 25.2. The molecule has 0 saturated heterocycles. The molecule has 1 unspecified atom stereocenters. The summed E-state index contributed by atoms with van der Waals surface area (Å²) >= 11 is 0. The lowest BCUT2D eigenvalue weighted by Gasteiger charge is -2.32. The second-order valence-corrected chi connectivity index (χ2v) is 10.4. The van der Waals surface area contributed by atoms with Gasteiger partial charge in [-0.1, -0.05) is 42.8 Å². The molecule has 1 N–H and O–H groups in total. The predicted molar refractivity (Wildman–Crippen MR) is 140 cm³/mol. The largest absolute Gasteiger partial charge is 0.322 e. The van der Waals surface area contributed by atoms with Gasteiger partial charge < -0.3 is 4.98 Å². The number of hydrogen-bond acceptors (Lipinski definition) is 5. The summed E-state index contributed by atoms with van der Waals surface area (Å²) in [7, 11) is 0. The minimum Gasteiger partial charge on any atom is -0.322 e. The first-order chi connectivity index (χ1) is 16.7. The highest BCUT2D eigenvalue weighted by Gasteiger charge is 2.29. The average Bonchev–Trinajstić information content (AvgIpc) is 3.30. The van der Waals surface area contributed by atoms with Gasteiger partial charge in [-0.05, 0) is 92.6 Å². The first-order valence-corrected chi connectivity index (χ1v) is 12.4. The van der Waals surface area contributed by atoms with Crippen LogP contribution in [0.3, 0.4) is 0 Å². The number of aromatic amines is 1. The summed E-state index contributed by atoms with van der Waals surface area (Å²) in [6, 6.07) is 16.6. The van der Waals surface area contributed by atoms with Crippen LogP contribution in [0.25, 0.3) is 10.9 Å². The molecular formula is C28H36N6O. The number of fused-ring (bicyclic) bond motifs is 1. The molecule has 7 nitrogen and oxygen atoms in total. The van der Waals surface area contributed by atoms with E-state index >= 15 is 0 Å². The van der Waals surface area contributed by atoms with E-state index in [1.54, 1.807) is 0 Å². The molecule has 0 radical (unpaired) electrons. The van der Waals surface area contributed by atoms with Crippen LogP contribution in [-0.4, -0.2) is 36.6 Å². The molecule has 2 aromatic heterocycles. The molecule has 2 aromatic carbocycles. The van der Waals surface area contributed by atoms with Crippen molar-refractivity contribution >= 4 is 10.9 Å². The van der Waals surface area contributed by atoms with Gasteiger partial charge in [0.05, 0.1) is 11.6 Å². The summed E-state index contributed by atoms with van der Waals surface area (Å²) in [5.41, 5.74) is 5.08. The highest BCUT2D eigenvalue weighted by Crippen LogP contribution is 2.28. The van der Waals surface area contributed by atoms with E-state index in [9.17, 15) is 4.79 Å². The SMILES string of the molecule is CCC(c1nnnn1C(C)(C)C)N(CCc1ccccc1C)Cc1cc2cc(C)ccc2[nH]c1=O. The van der Waals surface area contributed by atoms with E-state index in [2.05, 4.69) is 97.3 Å². The van der Waals surface area contributed by atoms with Gasteiger partial charge in [0.2, 0.25) is 0 Å². The quantitative estimate of drug-likeness (QED) is 0.387. The van der Waals surface area contributed by atoms with Crippen molar-refractivity contribution in [3.63, 3.8) is 0 Å². The third-order valence-electron chi connectivity index (χ3n) is 6.63. The van der Waals surface area contributed by atoms with Gasteiger partial charge in [0.1, 0.15) is 0 Å². The number of nitrogens with zero attached hydrogens (tertiary/aromatic N) is 5. The Kier molecular flexibility index (Phi) is 7.17. The van der Waals surface area contributed by atoms with E-state index in [0.29, 0.717) is 6.54 Å². The van der Waals surface area contributed by atoms with Crippen LogP contribution < -0.4 is 5.56 Å². The zero-order valence-corrected chi connectivity index (χ0v) is 21.7. The Morgan fingerprint density at radius 2 is 1.83 bits per heavy atom. The van der Waals surface area contributed by atoms with Crippen LogP contribution >= 0.6 is 0 Å². The van der Waals surface area contributed by atoms with Crippen molar-refractivity contribution in [1.29, 1.82) is 0 Å². The number of hydrogen-bond donors (Lipinski definition) is 1. The fourth-order valence-electron chi connectivity index (χ4n) is 4.69. The normalized spacial score (nSPS) is 13.0. The Morgan fingerprint density at radius 3 is 2.54 bits per heavy atom. The maximum absolute atomic E-state index is 13.1. The van der Waals surface area contributed by atoms with Crippen LogP contribution in [0.2, 0.25) is 0 Å². The lowest BCUT2D eigenvalue weighted by molar-refractivity contribution is 0.163. The van der Waals surface area contributed by atoms with E-state index in [1.807, 2.05) is 22.9 Å². The number of H-pyrrole nitrogens is 1. The number of aromatic nitrogens is 5. The van der Waals surface area contributed by atoms with E-state index in [0.717, 1.165) is 41.7 Å². The molecule has 0 fully saturated rings. The summed E-state index contributed by atoms with van der Waals surface area (Å²) in [5, 5.41) is 13.8. The zero-order valence-electron chi connectivity index (χ0n) is 21.7. The molecule has 0 bridgehead atoms. The van der Waals surface area contributed by atoms with Gasteiger partial charge in [-0.15, -0.1) is 5.10 Å². The Hall–Kier alpha value is -3.32. The first-order valence-electron chi connectivity index (χ1n) is 12.4. The molecule has 0 spiro atoms. The van der Waals surface area contributed by atoms with Crippen LogP contribution in [0, 0.1) is 13.8 Å². The molecule has 35 heavy (non-hydrogen) atoms. The molecule has 0 aliphatic carbocycles. The summed E-state index contributed by atoms with van der Waals surface area (Å²) in [4.78, 5) is 18.5. The van der Waals surface area contributed by atoms with Gasteiger partial charge in [0.15, 0.2) is 5.82 Å². The Labute approximate surface area is 207 Å². The number of rotatable bonds is 8. The van der Waals surface area contributed by atoms with E-state index in [-0.39, 0.29) is 17.1 Å². The van der Waals surface area contributed by atoms with Crippen LogP contribution in [0.4, 0.5) is 0 Å². The van der Waals surface area contributed by atoms with Crippen molar-refractivity contribution in [2.24, 2.45) is 0 Å². The van der Waals surface area contributed by atoms with Crippen LogP contribution in [-0.2, 0) is 18.5 Å². The Balaban J connectivity index is 1.73. The molecule has 0 aliphatic rings. The van der Waals surface area contributed by atoms with Crippen molar-refractivity contribution in [1.82, 2.24) is 30.1 Å². The molecule has 0 amide bonds. The maximum atomic E-state index is 13.1. The monoisotopic (exact) mass is 472 g/mol. The van der Waals surface area contributed by atoms with Gasteiger partial charge in [-0.2, -0.15) is 0 Å². The lowest BCUT2D eigenvalue weighted by Crippen LogP contribution is -2.36. The number of benzene rings is 2. The minimum atomic E-state index is -0.244. The highest BCUT2D eigenvalue weighted by molar-refractivity contribution is 5.79. The summed E-state index contributed by atoms with van der Waals surface area (Å²) in [6.45, 7) is 14.0. The van der Waals surface area contributed by atoms with Crippen molar-refractivity contribution in [2.45, 2.75) is 72.5 Å². The molecular weight excluding hydrogens is 436 g/mol. The third-order valence-corrected chi connectivity index (χ3v) is 6.63. The van der Waals surface area contributed by atoms with Crippen LogP contribution in [0.15, 0.2) is 53.3 Å². The Morgan fingerprint density at radius 1 is 1.06 bits per heavy atom.